The molecule has 0 amide bonds. The quantitative estimate of drug-likeness (QED) is 0.705. The highest BCUT2D eigenvalue weighted by atomic mass is 32.2. The minimum Gasteiger partial charge on any atom is -0.481 e. The highest BCUT2D eigenvalue weighted by molar-refractivity contribution is 7.86. The van der Waals surface area contributed by atoms with E-state index in [-0.39, 0.29) is 32.0 Å². The molecule has 0 radical (unpaired) electrons. The second-order valence-electron chi connectivity index (χ2n) is 4.10. The number of aliphatic carboxylic acids is 1. The van der Waals surface area contributed by atoms with Crippen LogP contribution < -0.4 is 0 Å². The van der Waals surface area contributed by atoms with E-state index in [1.165, 1.54) is 22.8 Å². The summed E-state index contributed by atoms with van der Waals surface area (Å²) < 4.78 is 31.1. The van der Waals surface area contributed by atoms with Gasteiger partial charge < -0.3 is 9.84 Å². The molecule has 1 aliphatic rings. The number of carboxylic acid groups (broad SMARTS) is 1. The molecule has 0 aromatic rings. The van der Waals surface area contributed by atoms with E-state index in [4.69, 9.17) is 9.84 Å². The lowest BCUT2D eigenvalue weighted by Gasteiger charge is -2.36. The molecule has 1 heterocycles. The highest BCUT2D eigenvalue weighted by Crippen LogP contribution is 2.20. The summed E-state index contributed by atoms with van der Waals surface area (Å²) >= 11 is 0. The van der Waals surface area contributed by atoms with Gasteiger partial charge in [0.15, 0.2) is 0 Å². The first-order chi connectivity index (χ1) is 7.87. The van der Waals surface area contributed by atoms with Gasteiger partial charge in [-0.3, -0.25) is 4.79 Å². The van der Waals surface area contributed by atoms with Crippen LogP contribution in [-0.2, 0) is 19.7 Å². The molecule has 1 rings (SSSR count). The topological polar surface area (TPSA) is 87.2 Å². The van der Waals surface area contributed by atoms with Crippen LogP contribution in [-0.4, -0.2) is 68.5 Å². The first-order valence-corrected chi connectivity index (χ1v) is 6.69. The van der Waals surface area contributed by atoms with Crippen LogP contribution in [0.3, 0.4) is 0 Å². The third-order valence-corrected chi connectivity index (χ3v) is 4.63. The van der Waals surface area contributed by atoms with Gasteiger partial charge in [0.05, 0.1) is 13.0 Å². The van der Waals surface area contributed by atoms with Gasteiger partial charge in [0, 0.05) is 33.8 Å². The lowest BCUT2D eigenvalue weighted by molar-refractivity contribution is -0.138. The van der Waals surface area contributed by atoms with Gasteiger partial charge in [-0.15, -0.1) is 0 Å². The number of hydrogen-bond acceptors (Lipinski definition) is 4. The molecule has 0 aliphatic carbocycles. The Kier molecular flexibility index (Phi) is 4.87. The average molecular weight is 266 g/mol. The fourth-order valence-electron chi connectivity index (χ4n) is 1.87. The van der Waals surface area contributed by atoms with Gasteiger partial charge in [-0.05, 0) is 5.92 Å². The molecule has 1 aliphatic heterocycles. The summed E-state index contributed by atoms with van der Waals surface area (Å²) in [5.74, 6) is -1.09. The van der Waals surface area contributed by atoms with Crippen molar-refractivity contribution in [3.05, 3.63) is 0 Å². The summed E-state index contributed by atoms with van der Waals surface area (Å²) in [6.45, 7) is 1.03. The van der Waals surface area contributed by atoms with Gasteiger partial charge in [-0.25, -0.2) is 0 Å². The van der Waals surface area contributed by atoms with Gasteiger partial charge in [-0.1, -0.05) is 0 Å². The Labute approximate surface area is 101 Å². The van der Waals surface area contributed by atoms with Crippen molar-refractivity contribution in [3.63, 3.8) is 0 Å². The van der Waals surface area contributed by atoms with Gasteiger partial charge in [-0.2, -0.15) is 17.0 Å². The van der Waals surface area contributed by atoms with Crippen LogP contribution in [0.4, 0.5) is 0 Å². The molecule has 1 atom stereocenters. The molecule has 0 aromatic heterocycles. The lowest BCUT2D eigenvalue weighted by Crippen LogP contribution is -2.53. The zero-order valence-electron chi connectivity index (χ0n) is 10.00. The van der Waals surface area contributed by atoms with E-state index in [1.54, 1.807) is 0 Å². The smallest absolute Gasteiger partial charge is 0.303 e. The first-order valence-electron chi connectivity index (χ1n) is 5.30. The number of nitrogens with zero attached hydrogens (tertiary/aromatic N) is 2. The molecule has 0 saturated carbocycles. The molecule has 8 heteroatoms. The maximum Gasteiger partial charge on any atom is 0.303 e. The number of carbonyl (C=O) groups is 1. The first kappa shape index (κ1) is 14.4. The van der Waals surface area contributed by atoms with Crippen molar-refractivity contribution in [1.82, 2.24) is 8.61 Å². The lowest BCUT2D eigenvalue weighted by atomic mass is 10.1. The molecule has 7 nitrogen and oxygen atoms in total. The number of hydrogen-bond donors (Lipinski definition) is 1. The van der Waals surface area contributed by atoms with Crippen LogP contribution in [0.1, 0.15) is 6.42 Å². The highest BCUT2D eigenvalue weighted by Gasteiger charge is 2.36. The van der Waals surface area contributed by atoms with Crippen LogP contribution in [0.25, 0.3) is 0 Å². The summed E-state index contributed by atoms with van der Waals surface area (Å²) in [5.41, 5.74) is 0. The maximum absolute atomic E-state index is 11.9. The van der Waals surface area contributed by atoms with Crippen molar-refractivity contribution >= 4 is 16.2 Å². The molecule has 1 fully saturated rings. The second-order valence-corrected chi connectivity index (χ2v) is 6.14. The van der Waals surface area contributed by atoms with Gasteiger partial charge in [0.1, 0.15) is 0 Å². The largest absolute Gasteiger partial charge is 0.481 e. The second kappa shape index (κ2) is 5.76. The number of carboxylic acids is 1. The normalized spacial score (nSPS) is 25.9. The molecular formula is C9H18N2O5S. The summed E-state index contributed by atoms with van der Waals surface area (Å²) in [7, 11) is -0.493. The summed E-state index contributed by atoms with van der Waals surface area (Å²) in [6, 6.07) is 0. The molecule has 0 aromatic carbocycles. The fraction of sp³-hybridized carbons (Fsp3) is 0.889. The SMILES string of the molecule is COCCN1CC(CC(=O)O)CN(C)S1(=O)=O. The van der Waals surface area contributed by atoms with Crippen molar-refractivity contribution in [3.8, 4) is 0 Å². The standard InChI is InChI=1S/C9H18N2O5S/c1-10-6-8(5-9(12)13)7-11(3-4-16-2)17(10,14)15/h8H,3-7H2,1-2H3,(H,12,13). The van der Waals surface area contributed by atoms with E-state index in [1.807, 2.05) is 0 Å². The average Bonchev–Trinajstić information content (AvgIpc) is 2.20. The third kappa shape index (κ3) is 3.63. The molecule has 1 saturated heterocycles. The number of rotatable bonds is 5. The van der Waals surface area contributed by atoms with E-state index < -0.39 is 16.2 Å². The number of methoxy groups -OCH3 is 1. The van der Waals surface area contributed by atoms with E-state index >= 15 is 0 Å². The third-order valence-electron chi connectivity index (χ3n) is 2.71. The van der Waals surface area contributed by atoms with Crippen LogP contribution in [0, 0.1) is 5.92 Å². The summed E-state index contributed by atoms with van der Waals surface area (Å²) in [4.78, 5) is 10.6. The summed E-state index contributed by atoms with van der Waals surface area (Å²) in [6.07, 6.45) is -0.0245. The minimum atomic E-state index is -3.45. The van der Waals surface area contributed by atoms with Crippen molar-refractivity contribution in [2.75, 3.05) is 40.4 Å². The molecule has 17 heavy (non-hydrogen) atoms. The molecule has 1 unspecified atom stereocenters. The van der Waals surface area contributed by atoms with E-state index in [0.29, 0.717) is 6.61 Å². The van der Waals surface area contributed by atoms with Crippen LogP contribution in [0.2, 0.25) is 0 Å². The molecule has 0 spiro atoms. The minimum absolute atomic E-state index is 0.0245. The molecule has 1 N–H and O–H groups in total. The fourth-order valence-corrected chi connectivity index (χ4v) is 3.37. The predicted octanol–water partition coefficient (Wildman–Crippen LogP) is -0.784. The van der Waals surface area contributed by atoms with Crippen molar-refractivity contribution < 1.29 is 23.1 Å². The maximum atomic E-state index is 11.9. The number of ether oxygens (including phenoxy) is 1. The molecule has 100 valence electrons. The Morgan fingerprint density at radius 3 is 2.65 bits per heavy atom. The zero-order valence-corrected chi connectivity index (χ0v) is 10.8. The Morgan fingerprint density at radius 2 is 2.12 bits per heavy atom. The molecular weight excluding hydrogens is 248 g/mol. The van der Waals surface area contributed by atoms with Crippen LogP contribution >= 0.6 is 0 Å². The van der Waals surface area contributed by atoms with E-state index in [0.717, 1.165) is 0 Å². The van der Waals surface area contributed by atoms with Crippen LogP contribution in [0.15, 0.2) is 0 Å². The summed E-state index contributed by atoms with van der Waals surface area (Å²) in [5, 5.41) is 8.73. The van der Waals surface area contributed by atoms with E-state index in [2.05, 4.69) is 0 Å². The van der Waals surface area contributed by atoms with Gasteiger partial charge >= 0.3 is 5.97 Å². The Bertz CT molecular complexity index is 370. The van der Waals surface area contributed by atoms with Crippen molar-refractivity contribution in [2.24, 2.45) is 5.92 Å². The monoisotopic (exact) mass is 266 g/mol. The van der Waals surface area contributed by atoms with Crippen LogP contribution in [0.5, 0.6) is 0 Å². The molecule has 0 bridgehead atoms. The predicted molar refractivity (Wildman–Crippen MR) is 60.7 cm³/mol. The Morgan fingerprint density at radius 1 is 1.47 bits per heavy atom. The van der Waals surface area contributed by atoms with E-state index in [9.17, 15) is 13.2 Å². The Hall–Kier alpha value is -0.700. The van der Waals surface area contributed by atoms with Gasteiger partial charge in [0.2, 0.25) is 0 Å². The van der Waals surface area contributed by atoms with Crippen molar-refractivity contribution in [2.45, 2.75) is 6.42 Å². The Balaban J connectivity index is 2.73. The van der Waals surface area contributed by atoms with Crippen molar-refractivity contribution in [1.29, 1.82) is 0 Å². The van der Waals surface area contributed by atoms with Gasteiger partial charge in [0.25, 0.3) is 10.2 Å². The zero-order chi connectivity index (χ0) is 13.1.